The number of rotatable bonds is 7. The lowest BCUT2D eigenvalue weighted by Gasteiger charge is -2.08. The third-order valence-electron chi connectivity index (χ3n) is 3.74. The van der Waals surface area contributed by atoms with Crippen LogP contribution in [0.5, 0.6) is 17.2 Å². The molecule has 3 rings (SSSR count). The molecule has 0 saturated heterocycles. The molecule has 0 spiro atoms. The Balaban J connectivity index is 1.90. The van der Waals surface area contributed by atoms with Crippen LogP contribution in [-0.4, -0.2) is 35.3 Å². The topological polar surface area (TPSA) is 93.7 Å². The number of aliphatic carboxylic acids is 1. The number of carbonyl (C=O) groups is 1. The molecule has 0 radical (unpaired) electrons. The van der Waals surface area contributed by atoms with E-state index < -0.39 is 5.97 Å². The lowest BCUT2D eigenvalue weighted by molar-refractivity contribution is -0.136. The summed E-state index contributed by atoms with van der Waals surface area (Å²) in [5, 5.41) is 9.07. The predicted molar refractivity (Wildman–Crippen MR) is 91.3 cm³/mol. The summed E-state index contributed by atoms with van der Waals surface area (Å²) in [6.07, 6.45) is -0.102. The first-order chi connectivity index (χ1) is 12.1. The second-order valence-corrected chi connectivity index (χ2v) is 5.34. The Bertz CT molecular complexity index is 904. The van der Waals surface area contributed by atoms with Crippen molar-refractivity contribution >= 4 is 17.0 Å². The Hall–Kier alpha value is -3.22. The second-order valence-electron chi connectivity index (χ2n) is 5.34. The standard InChI is InChI=1S/C18H18N2O5/c1-23-12-5-3-4-6-13(12)25-10-15-19-17-11(9-16(21)22)7-8-14(24-2)18(17)20-15/h3-8H,9-10H2,1-2H3,(H,19,20)(H,21,22). The SMILES string of the molecule is COc1ccccc1OCc1nc2c(OC)ccc(CC(=O)O)c2[nH]1. The molecule has 25 heavy (non-hydrogen) atoms. The van der Waals surface area contributed by atoms with Crippen LogP contribution < -0.4 is 14.2 Å². The molecule has 0 saturated carbocycles. The Kier molecular flexibility index (Phi) is 4.74. The summed E-state index contributed by atoms with van der Waals surface area (Å²) in [7, 11) is 3.12. The van der Waals surface area contributed by atoms with Crippen LogP contribution in [-0.2, 0) is 17.8 Å². The van der Waals surface area contributed by atoms with Gasteiger partial charge < -0.3 is 24.3 Å². The van der Waals surface area contributed by atoms with Crippen LogP contribution >= 0.6 is 0 Å². The maximum atomic E-state index is 11.1. The van der Waals surface area contributed by atoms with Crippen LogP contribution in [0.3, 0.4) is 0 Å². The maximum absolute atomic E-state index is 11.1. The van der Waals surface area contributed by atoms with Gasteiger partial charge in [0.1, 0.15) is 23.7 Å². The summed E-state index contributed by atoms with van der Waals surface area (Å²) in [4.78, 5) is 18.7. The van der Waals surface area contributed by atoms with Crippen LogP contribution in [0.25, 0.3) is 11.0 Å². The van der Waals surface area contributed by atoms with Crippen molar-refractivity contribution in [2.45, 2.75) is 13.0 Å². The highest BCUT2D eigenvalue weighted by Crippen LogP contribution is 2.29. The molecule has 0 unspecified atom stereocenters. The number of methoxy groups -OCH3 is 2. The Morgan fingerprint density at radius 1 is 1.08 bits per heavy atom. The number of carboxylic acid groups (broad SMARTS) is 1. The van der Waals surface area contributed by atoms with Crippen LogP contribution in [0, 0.1) is 0 Å². The third-order valence-corrected chi connectivity index (χ3v) is 3.74. The zero-order valence-corrected chi connectivity index (χ0v) is 13.9. The second kappa shape index (κ2) is 7.12. The first kappa shape index (κ1) is 16.6. The van der Waals surface area contributed by atoms with E-state index in [2.05, 4.69) is 9.97 Å². The molecule has 0 fully saturated rings. The number of benzene rings is 2. The third kappa shape index (κ3) is 3.50. The number of imidazole rings is 1. The Morgan fingerprint density at radius 3 is 2.48 bits per heavy atom. The fourth-order valence-corrected chi connectivity index (χ4v) is 2.60. The molecule has 3 aromatic rings. The van der Waals surface area contributed by atoms with Crippen molar-refractivity contribution in [3.8, 4) is 17.2 Å². The fourth-order valence-electron chi connectivity index (χ4n) is 2.60. The van der Waals surface area contributed by atoms with Gasteiger partial charge in [0.2, 0.25) is 0 Å². The molecular formula is C18H18N2O5. The number of aromatic nitrogens is 2. The molecule has 2 N–H and O–H groups in total. The van der Waals surface area contributed by atoms with E-state index in [9.17, 15) is 4.79 Å². The van der Waals surface area contributed by atoms with Crippen molar-refractivity contribution in [2.24, 2.45) is 0 Å². The molecule has 0 aliphatic heterocycles. The highest BCUT2D eigenvalue weighted by Gasteiger charge is 2.15. The summed E-state index contributed by atoms with van der Waals surface area (Å²) in [6.45, 7) is 0.185. The number of carboxylic acids is 1. The molecule has 0 aliphatic carbocycles. The van der Waals surface area contributed by atoms with E-state index in [0.717, 1.165) is 0 Å². The molecule has 7 heteroatoms. The molecule has 0 amide bonds. The molecule has 2 aromatic carbocycles. The number of fused-ring (bicyclic) bond motifs is 1. The average molecular weight is 342 g/mol. The summed E-state index contributed by atoms with van der Waals surface area (Å²) >= 11 is 0. The quantitative estimate of drug-likeness (QED) is 0.686. The zero-order chi connectivity index (χ0) is 17.8. The maximum Gasteiger partial charge on any atom is 0.307 e. The largest absolute Gasteiger partial charge is 0.494 e. The van der Waals surface area contributed by atoms with Crippen LogP contribution in [0.2, 0.25) is 0 Å². The van der Waals surface area contributed by atoms with Crippen LogP contribution in [0.1, 0.15) is 11.4 Å². The highest BCUT2D eigenvalue weighted by molar-refractivity contribution is 5.87. The van der Waals surface area contributed by atoms with Crippen molar-refractivity contribution in [3.05, 3.63) is 47.8 Å². The number of para-hydroxylation sites is 2. The first-order valence-electron chi connectivity index (χ1n) is 7.64. The summed E-state index contributed by atoms with van der Waals surface area (Å²) in [5.41, 5.74) is 1.86. The van der Waals surface area contributed by atoms with Crippen molar-refractivity contribution in [1.82, 2.24) is 9.97 Å². The van der Waals surface area contributed by atoms with E-state index in [0.29, 0.717) is 39.7 Å². The molecule has 0 atom stereocenters. The van der Waals surface area contributed by atoms with Crippen molar-refractivity contribution in [1.29, 1.82) is 0 Å². The number of hydrogen-bond acceptors (Lipinski definition) is 5. The lowest BCUT2D eigenvalue weighted by atomic mass is 10.1. The van der Waals surface area contributed by atoms with Gasteiger partial charge in [-0.1, -0.05) is 18.2 Å². The minimum absolute atomic E-state index is 0.102. The van der Waals surface area contributed by atoms with Gasteiger partial charge in [-0.2, -0.15) is 0 Å². The fraction of sp³-hybridized carbons (Fsp3) is 0.222. The van der Waals surface area contributed by atoms with Crippen LogP contribution in [0.15, 0.2) is 36.4 Å². The highest BCUT2D eigenvalue weighted by atomic mass is 16.5. The predicted octanol–water partition coefficient (Wildman–Crippen LogP) is 2.79. The molecule has 130 valence electrons. The van der Waals surface area contributed by atoms with Gasteiger partial charge >= 0.3 is 5.97 Å². The first-order valence-corrected chi connectivity index (χ1v) is 7.64. The van der Waals surface area contributed by atoms with Gasteiger partial charge in [-0.3, -0.25) is 4.79 Å². The van der Waals surface area contributed by atoms with Gasteiger partial charge in [-0.25, -0.2) is 4.98 Å². The van der Waals surface area contributed by atoms with Crippen molar-refractivity contribution in [3.63, 3.8) is 0 Å². The van der Waals surface area contributed by atoms with Gasteiger partial charge in [0, 0.05) is 0 Å². The molecule has 0 bridgehead atoms. The normalized spacial score (nSPS) is 10.6. The van der Waals surface area contributed by atoms with Gasteiger partial charge in [0.05, 0.1) is 26.2 Å². The van der Waals surface area contributed by atoms with E-state index in [-0.39, 0.29) is 13.0 Å². The molecule has 1 aromatic heterocycles. The number of ether oxygens (including phenoxy) is 3. The lowest BCUT2D eigenvalue weighted by Crippen LogP contribution is -2.01. The number of nitrogens with zero attached hydrogens (tertiary/aromatic N) is 1. The van der Waals surface area contributed by atoms with E-state index in [1.54, 1.807) is 32.4 Å². The zero-order valence-electron chi connectivity index (χ0n) is 13.9. The van der Waals surface area contributed by atoms with Crippen LogP contribution in [0.4, 0.5) is 0 Å². The molecular weight excluding hydrogens is 324 g/mol. The van der Waals surface area contributed by atoms with Crippen molar-refractivity contribution < 1.29 is 24.1 Å². The molecule has 7 nitrogen and oxygen atoms in total. The van der Waals surface area contributed by atoms with E-state index in [4.69, 9.17) is 19.3 Å². The minimum atomic E-state index is -0.909. The minimum Gasteiger partial charge on any atom is -0.494 e. The smallest absolute Gasteiger partial charge is 0.307 e. The average Bonchev–Trinajstić information content (AvgIpc) is 3.04. The monoisotopic (exact) mass is 342 g/mol. The van der Waals surface area contributed by atoms with Gasteiger partial charge in [-0.05, 0) is 23.8 Å². The number of hydrogen-bond donors (Lipinski definition) is 2. The number of H-pyrrole nitrogens is 1. The Labute approximate surface area is 144 Å². The summed E-state index contributed by atoms with van der Waals surface area (Å²) < 4.78 is 16.3. The van der Waals surface area contributed by atoms with Gasteiger partial charge in [0.25, 0.3) is 0 Å². The molecule has 0 aliphatic rings. The van der Waals surface area contributed by atoms with E-state index in [1.165, 1.54) is 0 Å². The number of nitrogens with one attached hydrogen (secondary N) is 1. The summed E-state index contributed by atoms with van der Waals surface area (Å²) in [6, 6.07) is 10.8. The van der Waals surface area contributed by atoms with Crippen molar-refractivity contribution in [2.75, 3.05) is 14.2 Å². The number of aromatic amines is 1. The van der Waals surface area contributed by atoms with E-state index >= 15 is 0 Å². The van der Waals surface area contributed by atoms with Gasteiger partial charge in [0.15, 0.2) is 11.5 Å². The Morgan fingerprint density at radius 2 is 1.80 bits per heavy atom. The van der Waals surface area contributed by atoms with E-state index in [1.807, 2.05) is 18.2 Å². The molecule has 1 heterocycles. The summed E-state index contributed by atoms with van der Waals surface area (Å²) in [5.74, 6) is 1.46. The van der Waals surface area contributed by atoms with Gasteiger partial charge in [-0.15, -0.1) is 0 Å².